The maximum absolute atomic E-state index is 13.0. The Bertz CT molecular complexity index is 359. The predicted octanol–water partition coefficient (Wildman–Crippen LogP) is 3.26. The van der Waals surface area contributed by atoms with Crippen molar-refractivity contribution in [3.8, 4) is 0 Å². The normalized spacial score (nSPS) is 11.8. The van der Waals surface area contributed by atoms with Gasteiger partial charge in [-0.1, -0.05) is 13.0 Å². The zero-order valence-corrected chi connectivity index (χ0v) is 11.4. The Morgan fingerprint density at radius 2 is 1.76 bits per heavy atom. The Hall–Kier alpha value is -0.783. The minimum atomic E-state index is -2.15. The van der Waals surface area contributed by atoms with Crippen LogP contribution in [0.3, 0.4) is 0 Å². The smallest absolute Gasteiger partial charge is 0.337 e. The lowest BCUT2D eigenvalue weighted by atomic mass is 10.2. The Morgan fingerprint density at radius 1 is 1.12 bits per heavy atom. The van der Waals surface area contributed by atoms with Crippen molar-refractivity contribution in [2.24, 2.45) is 0 Å². The highest BCUT2D eigenvalue weighted by atomic mass is 28.4. The third-order valence-corrected chi connectivity index (χ3v) is 6.64. The van der Waals surface area contributed by atoms with Gasteiger partial charge in [-0.05, 0) is 36.2 Å². The van der Waals surface area contributed by atoms with Gasteiger partial charge in [-0.2, -0.15) is 0 Å². The van der Waals surface area contributed by atoms with Gasteiger partial charge >= 0.3 is 8.56 Å². The van der Waals surface area contributed by atoms with E-state index in [0.29, 0.717) is 6.42 Å². The monoisotopic (exact) mass is 260 g/mol. The zero-order chi connectivity index (χ0) is 12.9. The van der Waals surface area contributed by atoms with E-state index < -0.39 is 20.2 Å². The molecule has 1 rings (SSSR count). The summed E-state index contributed by atoms with van der Waals surface area (Å²) in [4.78, 5) is 0. The molecule has 0 aliphatic carbocycles. The Morgan fingerprint density at radius 3 is 2.24 bits per heavy atom. The van der Waals surface area contributed by atoms with E-state index in [0.717, 1.165) is 23.7 Å². The summed E-state index contributed by atoms with van der Waals surface area (Å²) in [6.45, 7) is 2.02. The Kier molecular flexibility index (Phi) is 5.23. The molecule has 0 unspecified atom stereocenters. The summed E-state index contributed by atoms with van der Waals surface area (Å²) in [7, 11) is 1.14. The molecule has 1 aromatic rings. The Labute approximate surface area is 102 Å². The van der Waals surface area contributed by atoms with Gasteiger partial charge in [0, 0.05) is 14.2 Å². The number of benzene rings is 1. The molecule has 0 bridgehead atoms. The van der Waals surface area contributed by atoms with E-state index in [2.05, 4.69) is 0 Å². The summed E-state index contributed by atoms with van der Waals surface area (Å²) < 4.78 is 36.7. The van der Waals surface area contributed by atoms with Crippen molar-refractivity contribution in [2.75, 3.05) is 14.2 Å². The van der Waals surface area contributed by atoms with Gasteiger partial charge in [0.05, 0.1) is 0 Å². The SMILES string of the molecule is CC[Si](CCc1ccc(F)c(F)c1)(OC)OC. The molecular formula is C12H18F2O2Si. The average Bonchev–Trinajstić information content (AvgIpc) is 2.36. The minimum absolute atomic E-state index is 0.638. The second-order valence-electron chi connectivity index (χ2n) is 3.92. The average molecular weight is 260 g/mol. The molecule has 0 spiro atoms. The molecule has 5 heteroatoms. The number of hydrogen-bond donors (Lipinski definition) is 0. The van der Waals surface area contributed by atoms with Gasteiger partial charge in [-0.3, -0.25) is 0 Å². The van der Waals surface area contributed by atoms with E-state index in [-0.39, 0.29) is 0 Å². The molecule has 96 valence electrons. The molecule has 1 aromatic carbocycles. The number of hydrogen-bond acceptors (Lipinski definition) is 2. The van der Waals surface area contributed by atoms with Gasteiger partial charge < -0.3 is 8.85 Å². The van der Waals surface area contributed by atoms with Crippen LogP contribution in [0.5, 0.6) is 0 Å². The first-order valence-corrected chi connectivity index (χ1v) is 7.84. The topological polar surface area (TPSA) is 18.5 Å². The first-order valence-electron chi connectivity index (χ1n) is 5.61. The van der Waals surface area contributed by atoms with Crippen molar-refractivity contribution in [3.63, 3.8) is 0 Å². The molecule has 0 aliphatic rings. The fourth-order valence-corrected chi connectivity index (χ4v) is 3.96. The highest BCUT2D eigenvalue weighted by Crippen LogP contribution is 2.20. The molecule has 0 atom stereocenters. The fraction of sp³-hybridized carbons (Fsp3) is 0.500. The van der Waals surface area contributed by atoms with Crippen molar-refractivity contribution >= 4 is 8.56 Å². The van der Waals surface area contributed by atoms with Gasteiger partial charge in [0.1, 0.15) is 0 Å². The van der Waals surface area contributed by atoms with Crippen LogP contribution in [-0.4, -0.2) is 22.8 Å². The summed E-state index contributed by atoms with van der Waals surface area (Å²) in [6.07, 6.45) is 0.638. The highest BCUT2D eigenvalue weighted by molar-refractivity contribution is 6.67. The van der Waals surface area contributed by atoms with Crippen LogP contribution < -0.4 is 0 Å². The number of halogens is 2. The molecule has 0 fully saturated rings. The van der Waals surface area contributed by atoms with Crippen LogP contribution in [0.2, 0.25) is 12.1 Å². The lowest BCUT2D eigenvalue weighted by molar-refractivity contribution is 0.243. The summed E-state index contributed by atoms with van der Waals surface area (Å²) in [5.74, 6) is -1.62. The van der Waals surface area contributed by atoms with E-state index in [1.807, 2.05) is 6.92 Å². The second kappa shape index (κ2) is 6.23. The van der Waals surface area contributed by atoms with E-state index in [1.165, 1.54) is 6.07 Å². The van der Waals surface area contributed by atoms with Crippen molar-refractivity contribution in [1.29, 1.82) is 0 Å². The van der Waals surface area contributed by atoms with Gasteiger partial charge in [0.15, 0.2) is 11.6 Å². The molecule has 17 heavy (non-hydrogen) atoms. The van der Waals surface area contributed by atoms with Gasteiger partial charge in [-0.15, -0.1) is 0 Å². The molecule has 0 amide bonds. The summed E-state index contributed by atoms with van der Waals surface area (Å²) in [5.41, 5.74) is 0.767. The summed E-state index contributed by atoms with van der Waals surface area (Å²) in [5, 5.41) is 0. The zero-order valence-electron chi connectivity index (χ0n) is 10.4. The lowest BCUT2D eigenvalue weighted by Gasteiger charge is -2.25. The van der Waals surface area contributed by atoms with E-state index in [1.54, 1.807) is 20.3 Å². The van der Waals surface area contributed by atoms with E-state index in [9.17, 15) is 8.78 Å². The minimum Gasteiger partial charge on any atom is -0.398 e. The maximum atomic E-state index is 13.0. The van der Waals surface area contributed by atoms with Crippen LogP contribution in [0, 0.1) is 11.6 Å². The molecule has 0 saturated carbocycles. The molecule has 0 aliphatic heterocycles. The van der Waals surface area contributed by atoms with Crippen LogP contribution in [-0.2, 0) is 15.3 Å². The van der Waals surface area contributed by atoms with Crippen molar-refractivity contribution in [2.45, 2.75) is 25.4 Å². The first-order chi connectivity index (χ1) is 8.06. The standard InChI is InChI=1S/C12H18F2O2Si/c1-4-17(15-2,16-3)8-7-10-5-6-11(13)12(14)9-10/h5-6,9H,4,7-8H2,1-3H3. The van der Waals surface area contributed by atoms with Crippen LogP contribution in [0.15, 0.2) is 18.2 Å². The van der Waals surface area contributed by atoms with Crippen molar-refractivity contribution in [1.82, 2.24) is 0 Å². The lowest BCUT2D eigenvalue weighted by Crippen LogP contribution is -2.39. The largest absolute Gasteiger partial charge is 0.398 e. The summed E-state index contributed by atoms with van der Waals surface area (Å²) in [6, 6.07) is 5.55. The van der Waals surface area contributed by atoms with E-state index >= 15 is 0 Å². The molecule has 0 aromatic heterocycles. The van der Waals surface area contributed by atoms with Crippen molar-refractivity contribution in [3.05, 3.63) is 35.4 Å². The van der Waals surface area contributed by atoms with Crippen LogP contribution in [0.1, 0.15) is 12.5 Å². The van der Waals surface area contributed by atoms with Gasteiger partial charge in [-0.25, -0.2) is 8.78 Å². The fourth-order valence-electron chi connectivity index (χ4n) is 1.78. The maximum Gasteiger partial charge on any atom is 0.337 e. The second-order valence-corrected chi connectivity index (χ2v) is 7.77. The van der Waals surface area contributed by atoms with Crippen LogP contribution in [0.25, 0.3) is 0 Å². The molecule has 2 nitrogen and oxygen atoms in total. The Balaban J connectivity index is 2.68. The third kappa shape index (κ3) is 3.59. The van der Waals surface area contributed by atoms with Crippen LogP contribution in [0.4, 0.5) is 8.78 Å². The van der Waals surface area contributed by atoms with Crippen LogP contribution >= 0.6 is 0 Å². The van der Waals surface area contributed by atoms with E-state index in [4.69, 9.17) is 8.85 Å². The molecule has 0 saturated heterocycles. The molecule has 0 N–H and O–H groups in total. The molecule has 0 heterocycles. The summed E-state index contributed by atoms with van der Waals surface area (Å²) >= 11 is 0. The van der Waals surface area contributed by atoms with Gasteiger partial charge in [0.2, 0.25) is 0 Å². The highest BCUT2D eigenvalue weighted by Gasteiger charge is 2.32. The first kappa shape index (κ1) is 14.3. The molecule has 0 radical (unpaired) electrons. The third-order valence-electron chi connectivity index (χ3n) is 3.06. The number of aryl methyl sites for hydroxylation is 1. The quantitative estimate of drug-likeness (QED) is 0.731. The molecular weight excluding hydrogens is 242 g/mol. The number of rotatable bonds is 6. The predicted molar refractivity (Wildman–Crippen MR) is 65.1 cm³/mol. The van der Waals surface area contributed by atoms with Crippen molar-refractivity contribution < 1.29 is 17.6 Å². The van der Waals surface area contributed by atoms with Gasteiger partial charge in [0.25, 0.3) is 0 Å².